The van der Waals surface area contributed by atoms with Gasteiger partial charge in [0.25, 0.3) is 0 Å². The van der Waals surface area contributed by atoms with Gasteiger partial charge >= 0.3 is 5.97 Å². The smallest absolute Gasteiger partial charge is 0.308 e. The van der Waals surface area contributed by atoms with Gasteiger partial charge < -0.3 is 4.74 Å². The minimum atomic E-state index is -0.295. The summed E-state index contributed by atoms with van der Waals surface area (Å²) in [4.78, 5) is 11.3. The van der Waals surface area contributed by atoms with Gasteiger partial charge in [-0.1, -0.05) is 59.6 Å². The second-order valence-electron chi connectivity index (χ2n) is 6.83. The fourth-order valence-corrected chi connectivity index (χ4v) is 3.73. The number of esters is 1. The summed E-state index contributed by atoms with van der Waals surface area (Å²) in [6, 6.07) is 5.87. The van der Waals surface area contributed by atoms with Crippen molar-refractivity contribution in [2.75, 3.05) is 0 Å². The number of halogens is 1. The molecule has 2 nitrogen and oxygen atoms in total. The van der Waals surface area contributed by atoms with Crippen LogP contribution in [0.15, 0.2) is 46.5 Å². The molecule has 0 aromatic heterocycles. The van der Waals surface area contributed by atoms with Crippen molar-refractivity contribution in [1.29, 1.82) is 0 Å². The molecule has 0 N–H and O–H groups in total. The Bertz CT molecular complexity index is 641. The molecule has 0 aliphatic heterocycles. The average molecular weight is 363 g/mol. The highest BCUT2D eigenvalue weighted by atomic mass is 79.9. The Morgan fingerprint density at radius 3 is 2.73 bits per heavy atom. The van der Waals surface area contributed by atoms with Gasteiger partial charge in [-0.05, 0) is 48.8 Å². The molecule has 3 heteroatoms. The lowest BCUT2D eigenvalue weighted by molar-refractivity contribution is -0.131. The van der Waals surface area contributed by atoms with Crippen molar-refractivity contribution in [3.63, 3.8) is 0 Å². The van der Waals surface area contributed by atoms with E-state index in [-0.39, 0.29) is 11.4 Å². The maximum atomic E-state index is 11.3. The molecule has 0 amide bonds. The normalized spacial score (nSPS) is 20.5. The molecule has 0 saturated carbocycles. The van der Waals surface area contributed by atoms with Gasteiger partial charge in [0.15, 0.2) is 0 Å². The van der Waals surface area contributed by atoms with Gasteiger partial charge in [-0.2, -0.15) is 0 Å². The van der Waals surface area contributed by atoms with Crippen LogP contribution in [0.3, 0.4) is 0 Å². The molecule has 1 aromatic rings. The van der Waals surface area contributed by atoms with Crippen LogP contribution >= 0.6 is 15.9 Å². The second kappa shape index (κ2) is 6.41. The van der Waals surface area contributed by atoms with E-state index >= 15 is 0 Å². The van der Waals surface area contributed by atoms with Gasteiger partial charge in [0.05, 0.1) is 0 Å². The summed E-state index contributed by atoms with van der Waals surface area (Å²) in [5.41, 5.74) is 3.73. The monoisotopic (exact) mass is 362 g/mol. The van der Waals surface area contributed by atoms with E-state index in [1.54, 1.807) is 0 Å². The van der Waals surface area contributed by atoms with Crippen LogP contribution in [0.4, 0.5) is 0 Å². The second-order valence-corrected chi connectivity index (χ2v) is 7.75. The fourth-order valence-electron chi connectivity index (χ4n) is 3.39. The highest BCUT2D eigenvalue weighted by Crippen LogP contribution is 2.45. The predicted octanol–water partition coefficient (Wildman–Crippen LogP) is 5.47. The summed E-state index contributed by atoms with van der Waals surface area (Å²) in [5.74, 6) is 0.681. The van der Waals surface area contributed by atoms with Crippen LogP contribution in [0.25, 0.3) is 0 Å². The van der Waals surface area contributed by atoms with Gasteiger partial charge in [0.1, 0.15) is 5.75 Å². The zero-order valence-corrected chi connectivity index (χ0v) is 15.3. The molecule has 0 bridgehead atoms. The number of carbonyl (C=O) groups is 1. The number of ether oxygens (including phenoxy) is 1. The molecular weight excluding hydrogens is 340 g/mol. The molecule has 0 spiro atoms. The molecule has 0 heterocycles. The Morgan fingerprint density at radius 1 is 1.45 bits per heavy atom. The van der Waals surface area contributed by atoms with E-state index in [0.717, 1.165) is 28.5 Å². The molecule has 0 fully saturated rings. The minimum absolute atomic E-state index is 0.149. The Hall–Kier alpha value is -1.35. The van der Waals surface area contributed by atoms with E-state index in [1.165, 1.54) is 12.5 Å². The highest BCUT2D eigenvalue weighted by molar-refractivity contribution is 9.10. The standard InChI is InChI=1S/C19H23BrO2/c1-12-8-13(2)17(19(4,5)11-12)9-15-6-7-16(20)10-18(15)22-14(3)21/h6-8,10,17H,2,9,11H2,1,3-5H3. The van der Waals surface area contributed by atoms with E-state index in [2.05, 4.69) is 49.4 Å². The van der Waals surface area contributed by atoms with E-state index in [9.17, 15) is 4.79 Å². The number of hydrogen-bond acceptors (Lipinski definition) is 2. The first-order valence-corrected chi connectivity index (χ1v) is 8.31. The maximum Gasteiger partial charge on any atom is 0.308 e. The molecule has 1 aliphatic rings. The third-order valence-electron chi connectivity index (χ3n) is 4.26. The summed E-state index contributed by atoms with van der Waals surface area (Å²) in [7, 11) is 0. The van der Waals surface area contributed by atoms with Crippen molar-refractivity contribution in [1.82, 2.24) is 0 Å². The molecule has 1 aliphatic carbocycles. The molecule has 1 aromatic carbocycles. The number of benzene rings is 1. The Balaban J connectivity index is 2.34. The van der Waals surface area contributed by atoms with Crippen LogP contribution in [0, 0.1) is 11.3 Å². The van der Waals surface area contributed by atoms with Gasteiger partial charge in [-0.3, -0.25) is 4.79 Å². The predicted molar refractivity (Wildman–Crippen MR) is 93.9 cm³/mol. The van der Waals surface area contributed by atoms with Crippen LogP contribution in [0.2, 0.25) is 0 Å². The largest absolute Gasteiger partial charge is 0.426 e. The lowest BCUT2D eigenvalue weighted by Crippen LogP contribution is -2.30. The number of rotatable bonds is 3. The Labute approximate surface area is 141 Å². The minimum Gasteiger partial charge on any atom is -0.426 e. The summed E-state index contributed by atoms with van der Waals surface area (Å²) in [6.45, 7) is 12.4. The van der Waals surface area contributed by atoms with Crippen LogP contribution in [0.1, 0.15) is 39.7 Å². The fraction of sp³-hybridized carbons (Fsp3) is 0.421. The maximum absolute atomic E-state index is 11.3. The molecule has 22 heavy (non-hydrogen) atoms. The number of carbonyl (C=O) groups excluding carboxylic acids is 1. The van der Waals surface area contributed by atoms with Crippen molar-refractivity contribution in [3.8, 4) is 5.75 Å². The van der Waals surface area contributed by atoms with Crippen LogP contribution in [-0.4, -0.2) is 5.97 Å². The molecule has 1 unspecified atom stereocenters. The third kappa shape index (κ3) is 3.89. The van der Waals surface area contributed by atoms with E-state index in [0.29, 0.717) is 11.7 Å². The van der Waals surface area contributed by atoms with Crippen molar-refractivity contribution in [2.45, 2.75) is 40.5 Å². The highest BCUT2D eigenvalue weighted by Gasteiger charge is 2.34. The summed E-state index contributed by atoms with van der Waals surface area (Å²) in [6.07, 6.45) is 4.09. The first-order chi connectivity index (χ1) is 10.2. The van der Waals surface area contributed by atoms with Crippen molar-refractivity contribution in [3.05, 3.63) is 52.0 Å². The van der Waals surface area contributed by atoms with Crippen LogP contribution < -0.4 is 4.74 Å². The van der Waals surface area contributed by atoms with Crippen molar-refractivity contribution >= 4 is 21.9 Å². The van der Waals surface area contributed by atoms with Crippen molar-refractivity contribution < 1.29 is 9.53 Å². The molecule has 1 atom stereocenters. The summed E-state index contributed by atoms with van der Waals surface area (Å²) >= 11 is 3.44. The molecule has 0 radical (unpaired) electrons. The quantitative estimate of drug-likeness (QED) is 0.526. The number of allylic oxidation sites excluding steroid dienone is 3. The Kier molecular flexibility index (Phi) is 4.96. The lowest BCUT2D eigenvalue weighted by Gasteiger charge is -2.39. The van der Waals surface area contributed by atoms with Crippen LogP contribution in [-0.2, 0) is 11.2 Å². The molecule has 118 valence electrons. The van der Waals surface area contributed by atoms with E-state index in [4.69, 9.17) is 4.74 Å². The zero-order valence-electron chi connectivity index (χ0n) is 13.7. The zero-order chi connectivity index (χ0) is 16.5. The van der Waals surface area contributed by atoms with Gasteiger partial charge in [-0.15, -0.1) is 0 Å². The van der Waals surface area contributed by atoms with Crippen molar-refractivity contribution in [2.24, 2.45) is 11.3 Å². The number of hydrogen-bond donors (Lipinski definition) is 0. The Morgan fingerprint density at radius 2 is 2.14 bits per heavy atom. The molecule has 2 rings (SSSR count). The van der Waals surface area contributed by atoms with Gasteiger partial charge in [-0.25, -0.2) is 0 Å². The van der Waals surface area contributed by atoms with Gasteiger partial charge in [0, 0.05) is 11.4 Å². The summed E-state index contributed by atoms with van der Waals surface area (Å²) in [5, 5.41) is 0. The van der Waals surface area contributed by atoms with Gasteiger partial charge in [0.2, 0.25) is 0 Å². The molecular formula is C19H23BrO2. The van der Waals surface area contributed by atoms with E-state index < -0.39 is 0 Å². The topological polar surface area (TPSA) is 26.3 Å². The lowest BCUT2D eigenvalue weighted by atomic mass is 9.65. The average Bonchev–Trinajstić information content (AvgIpc) is 2.34. The SMILES string of the molecule is C=C1C=C(C)CC(C)(C)C1Cc1ccc(Br)cc1OC(C)=O. The van der Waals surface area contributed by atoms with E-state index in [1.807, 2.05) is 18.2 Å². The van der Waals surface area contributed by atoms with Crippen LogP contribution in [0.5, 0.6) is 5.75 Å². The first-order valence-electron chi connectivity index (χ1n) is 7.52. The third-order valence-corrected chi connectivity index (χ3v) is 4.76. The summed E-state index contributed by atoms with van der Waals surface area (Å²) < 4.78 is 6.29. The molecule has 0 saturated heterocycles. The first kappa shape index (κ1) is 17.0.